The van der Waals surface area contributed by atoms with E-state index in [2.05, 4.69) is 39.7 Å². The first-order valence-electron chi connectivity index (χ1n) is 10.7. The molecular weight excluding hydrogens is 412 g/mol. The molecule has 1 heterocycles. The van der Waals surface area contributed by atoms with Crippen LogP contribution in [-0.4, -0.2) is 23.0 Å². The van der Waals surface area contributed by atoms with E-state index in [0.717, 1.165) is 28.3 Å². The first kappa shape index (κ1) is 22.0. The summed E-state index contributed by atoms with van der Waals surface area (Å²) in [6, 6.07) is 24.9. The fourth-order valence-electron chi connectivity index (χ4n) is 3.51. The van der Waals surface area contributed by atoms with Gasteiger partial charge < -0.3 is 15.4 Å². The van der Waals surface area contributed by atoms with E-state index in [4.69, 9.17) is 4.74 Å². The second kappa shape index (κ2) is 9.96. The van der Waals surface area contributed by atoms with Gasteiger partial charge in [0.1, 0.15) is 17.9 Å². The lowest BCUT2D eigenvalue weighted by molar-refractivity contribution is 0.0940. The maximum absolute atomic E-state index is 12.7. The number of nitrogens with zero attached hydrogens (tertiary/aromatic N) is 2. The molecule has 1 atom stereocenters. The third-order valence-corrected chi connectivity index (χ3v) is 5.34. The highest BCUT2D eigenvalue weighted by molar-refractivity contribution is 5.94. The van der Waals surface area contributed by atoms with Gasteiger partial charge in [-0.1, -0.05) is 35.9 Å². The monoisotopic (exact) mass is 438 g/mol. The van der Waals surface area contributed by atoms with Crippen molar-refractivity contribution in [2.75, 3.05) is 12.4 Å². The molecule has 0 aliphatic rings. The Balaban J connectivity index is 1.42. The summed E-state index contributed by atoms with van der Waals surface area (Å²) in [5.41, 5.74) is 5.46. The largest absolute Gasteiger partial charge is 0.497 e. The summed E-state index contributed by atoms with van der Waals surface area (Å²) in [4.78, 5) is 21.4. The quantitative estimate of drug-likeness (QED) is 0.387. The molecule has 0 fully saturated rings. The van der Waals surface area contributed by atoms with Crippen molar-refractivity contribution in [1.82, 2.24) is 15.3 Å². The van der Waals surface area contributed by atoms with E-state index in [1.54, 1.807) is 25.6 Å². The van der Waals surface area contributed by atoms with E-state index in [9.17, 15) is 4.79 Å². The van der Waals surface area contributed by atoms with Crippen molar-refractivity contribution in [1.29, 1.82) is 0 Å². The Morgan fingerprint density at radius 3 is 2.48 bits per heavy atom. The zero-order valence-electron chi connectivity index (χ0n) is 18.9. The van der Waals surface area contributed by atoms with Crippen LogP contribution in [-0.2, 0) is 0 Å². The molecule has 33 heavy (non-hydrogen) atoms. The minimum atomic E-state index is -0.147. The molecule has 0 saturated heterocycles. The fourth-order valence-corrected chi connectivity index (χ4v) is 3.51. The summed E-state index contributed by atoms with van der Waals surface area (Å²) in [6.07, 6.45) is 1.54. The molecule has 4 rings (SSSR count). The Morgan fingerprint density at radius 1 is 0.939 bits per heavy atom. The van der Waals surface area contributed by atoms with E-state index in [1.807, 2.05) is 61.5 Å². The van der Waals surface area contributed by atoms with Crippen LogP contribution in [0.4, 0.5) is 11.5 Å². The normalized spacial score (nSPS) is 11.5. The first-order valence-corrected chi connectivity index (χ1v) is 10.7. The summed E-state index contributed by atoms with van der Waals surface area (Å²) in [7, 11) is 1.63. The van der Waals surface area contributed by atoms with Crippen LogP contribution in [0.15, 0.2) is 85.2 Å². The Bertz CT molecular complexity index is 1250. The minimum Gasteiger partial charge on any atom is -0.497 e. The van der Waals surface area contributed by atoms with E-state index >= 15 is 0 Å². The maximum atomic E-state index is 12.7. The lowest BCUT2D eigenvalue weighted by atomic mass is 10.1. The molecule has 4 aromatic rings. The predicted octanol–water partition coefficient (Wildman–Crippen LogP) is 5.70. The smallest absolute Gasteiger partial charge is 0.251 e. The van der Waals surface area contributed by atoms with Crippen molar-refractivity contribution in [3.8, 4) is 17.0 Å². The Labute approximate surface area is 193 Å². The van der Waals surface area contributed by atoms with Gasteiger partial charge in [-0.3, -0.25) is 4.79 Å². The van der Waals surface area contributed by atoms with Crippen molar-refractivity contribution in [3.63, 3.8) is 0 Å². The SMILES string of the molecule is COc1cccc([C@H](C)NC(=O)c2ccc(Nc3cc(-c4cccc(C)c4)ncn3)cc2)c1. The molecule has 3 aromatic carbocycles. The van der Waals surface area contributed by atoms with Gasteiger partial charge in [0.05, 0.1) is 18.8 Å². The number of hydrogen-bond donors (Lipinski definition) is 2. The van der Waals surface area contributed by atoms with Gasteiger partial charge in [-0.05, 0) is 61.9 Å². The molecule has 166 valence electrons. The summed E-state index contributed by atoms with van der Waals surface area (Å²) >= 11 is 0. The Kier molecular flexibility index (Phi) is 6.64. The molecule has 6 nitrogen and oxygen atoms in total. The number of amides is 1. The van der Waals surface area contributed by atoms with Crippen molar-refractivity contribution < 1.29 is 9.53 Å². The molecule has 1 amide bonds. The van der Waals surface area contributed by atoms with Crippen molar-refractivity contribution in [2.45, 2.75) is 19.9 Å². The summed E-state index contributed by atoms with van der Waals surface area (Å²) in [5, 5.41) is 6.30. The number of aryl methyl sites for hydroxylation is 1. The van der Waals surface area contributed by atoms with Gasteiger partial charge in [-0.2, -0.15) is 0 Å². The van der Waals surface area contributed by atoms with E-state index in [1.165, 1.54) is 5.56 Å². The van der Waals surface area contributed by atoms with Gasteiger partial charge in [0.15, 0.2) is 0 Å². The van der Waals surface area contributed by atoms with Crippen LogP contribution in [0.25, 0.3) is 11.3 Å². The number of nitrogens with one attached hydrogen (secondary N) is 2. The van der Waals surface area contributed by atoms with Crippen LogP contribution in [0.1, 0.15) is 34.5 Å². The molecule has 0 saturated carbocycles. The third-order valence-electron chi connectivity index (χ3n) is 5.34. The highest BCUT2D eigenvalue weighted by Crippen LogP contribution is 2.23. The number of carbonyl (C=O) groups excluding carboxylic acids is 1. The van der Waals surface area contributed by atoms with Crippen LogP contribution >= 0.6 is 0 Å². The molecule has 0 aliphatic carbocycles. The molecule has 2 N–H and O–H groups in total. The molecule has 1 aromatic heterocycles. The van der Waals surface area contributed by atoms with Gasteiger partial charge >= 0.3 is 0 Å². The maximum Gasteiger partial charge on any atom is 0.251 e. The summed E-state index contributed by atoms with van der Waals surface area (Å²) in [5.74, 6) is 1.31. The van der Waals surface area contributed by atoms with E-state index in [0.29, 0.717) is 11.4 Å². The van der Waals surface area contributed by atoms with Crippen LogP contribution in [0, 0.1) is 6.92 Å². The van der Waals surface area contributed by atoms with Gasteiger partial charge in [0.2, 0.25) is 0 Å². The van der Waals surface area contributed by atoms with Crippen molar-refractivity contribution >= 4 is 17.4 Å². The first-order chi connectivity index (χ1) is 16.0. The number of methoxy groups -OCH3 is 1. The standard InChI is InChI=1S/C27H26N4O2/c1-18-6-4-8-22(14-18)25-16-26(29-17-28-25)31-23-12-10-20(11-13-23)27(32)30-19(2)21-7-5-9-24(15-21)33-3/h4-17,19H,1-3H3,(H,30,32)(H,28,29,31)/t19-/m0/s1. The molecular formula is C27H26N4O2. The second-order valence-electron chi connectivity index (χ2n) is 7.83. The van der Waals surface area contributed by atoms with Gasteiger partial charge in [-0.25, -0.2) is 9.97 Å². The number of anilines is 2. The summed E-state index contributed by atoms with van der Waals surface area (Å²) in [6.45, 7) is 4.00. The minimum absolute atomic E-state index is 0.138. The average Bonchev–Trinajstić information content (AvgIpc) is 2.84. The second-order valence-corrected chi connectivity index (χ2v) is 7.83. The zero-order chi connectivity index (χ0) is 23.2. The molecule has 6 heteroatoms. The number of carbonyl (C=O) groups is 1. The Hall–Kier alpha value is -4.19. The average molecular weight is 439 g/mol. The van der Waals surface area contributed by atoms with E-state index in [-0.39, 0.29) is 11.9 Å². The van der Waals surface area contributed by atoms with Gasteiger partial charge in [0, 0.05) is 22.9 Å². The Morgan fingerprint density at radius 2 is 1.73 bits per heavy atom. The molecule has 0 aliphatic heterocycles. The lowest BCUT2D eigenvalue weighted by Crippen LogP contribution is -2.26. The van der Waals surface area contributed by atoms with Crippen molar-refractivity contribution in [3.05, 3.63) is 102 Å². The van der Waals surface area contributed by atoms with Gasteiger partial charge in [0.25, 0.3) is 5.91 Å². The van der Waals surface area contributed by atoms with E-state index < -0.39 is 0 Å². The number of hydrogen-bond acceptors (Lipinski definition) is 5. The molecule has 0 bridgehead atoms. The van der Waals surface area contributed by atoms with Crippen LogP contribution < -0.4 is 15.4 Å². The van der Waals surface area contributed by atoms with Gasteiger partial charge in [-0.15, -0.1) is 0 Å². The predicted molar refractivity (Wildman–Crippen MR) is 131 cm³/mol. The van der Waals surface area contributed by atoms with Crippen LogP contribution in [0.3, 0.4) is 0 Å². The fraction of sp³-hybridized carbons (Fsp3) is 0.148. The highest BCUT2D eigenvalue weighted by atomic mass is 16.5. The topological polar surface area (TPSA) is 76.1 Å². The number of rotatable bonds is 7. The van der Waals surface area contributed by atoms with Crippen LogP contribution in [0.2, 0.25) is 0 Å². The molecule has 0 radical (unpaired) electrons. The third kappa shape index (κ3) is 5.54. The molecule has 0 spiro atoms. The lowest BCUT2D eigenvalue weighted by Gasteiger charge is -2.15. The van der Waals surface area contributed by atoms with Crippen molar-refractivity contribution in [2.24, 2.45) is 0 Å². The number of ether oxygens (including phenoxy) is 1. The number of benzene rings is 3. The molecule has 0 unspecified atom stereocenters. The summed E-state index contributed by atoms with van der Waals surface area (Å²) < 4.78 is 5.27. The number of aromatic nitrogens is 2. The van der Waals surface area contributed by atoms with Crippen LogP contribution in [0.5, 0.6) is 5.75 Å². The zero-order valence-corrected chi connectivity index (χ0v) is 18.9. The highest BCUT2D eigenvalue weighted by Gasteiger charge is 2.12.